The van der Waals surface area contributed by atoms with E-state index < -0.39 is 10.8 Å². The zero-order valence-corrected chi connectivity index (χ0v) is 15.4. The Labute approximate surface area is 156 Å². The molecule has 0 bridgehead atoms. The number of non-ortho nitro benzene ring substituents is 1. The normalized spacial score (nSPS) is 12.1. The molecule has 1 atom stereocenters. The van der Waals surface area contributed by atoms with Crippen molar-refractivity contribution in [2.75, 3.05) is 26.2 Å². The average Bonchev–Trinajstić information content (AvgIpc) is 3.18. The summed E-state index contributed by atoms with van der Waals surface area (Å²) in [6, 6.07) is 5.49. The highest BCUT2D eigenvalue weighted by Gasteiger charge is 2.17. The molecule has 27 heavy (non-hydrogen) atoms. The van der Waals surface area contributed by atoms with Crippen molar-refractivity contribution in [3.63, 3.8) is 0 Å². The molecule has 1 heterocycles. The molecule has 1 amide bonds. The molecule has 0 spiro atoms. The Morgan fingerprint density at radius 3 is 2.78 bits per heavy atom. The van der Waals surface area contributed by atoms with Crippen molar-refractivity contribution in [1.82, 2.24) is 25.2 Å². The minimum absolute atomic E-state index is 0.0720. The summed E-state index contributed by atoms with van der Waals surface area (Å²) < 4.78 is 1.30. The molecule has 0 aliphatic rings. The van der Waals surface area contributed by atoms with E-state index in [1.54, 1.807) is 6.07 Å². The summed E-state index contributed by atoms with van der Waals surface area (Å²) in [6.45, 7) is 6.51. The fourth-order valence-electron chi connectivity index (χ4n) is 2.59. The molecule has 0 saturated carbocycles. The zero-order chi connectivity index (χ0) is 19.8. The van der Waals surface area contributed by atoms with Gasteiger partial charge >= 0.3 is 0 Å². The van der Waals surface area contributed by atoms with Gasteiger partial charge in [-0.2, -0.15) is 0 Å². The second-order valence-electron chi connectivity index (χ2n) is 5.99. The number of nitrogens with zero attached hydrogens (tertiary/aromatic N) is 5. The van der Waals surface area contributed by atoms with Gasteiger partial charge in [0, 0.05) is 18.7 Å². The number of nitro benzene ring substituents is 1. The molecule has 146 valence electrons. The maximum Gasteiger partial charge on any atom is 0.273 e. The number of nitrogens with one attached hydrogen (secondary N) is 1. The summed E-state index contributed by atoms with van der Waals surface area (Å²) in [5, 5.41) is 30.8. The van der Waals surface area contributed by atoms with Gasteiger partial charge in [0.1, 0.15) is 0 Å². The van der Waals surface area contributed by atoms with E-state index in [-0.39, 0.29) is 24.0 Å². The van der Waals surface area contributed by atoms with E-state index in [4.69, 9.17) is 0 Å². The third-order valence-corrected chi connectivity index (χ3v) is 4.27. The average molecular weight is 376 g/mol. The first-order chi connectivity index (χ1) is 13.0. The molecule has 0 radical (unpaired) electrons. The fourth-order valence-corrected chi connectivity index (χ4v) is 2.59. The number of benzene rings is 1. The molecule has 0 aliphatic heterocycles. The van der Waals surface area contributed by atoms with Crippen LogP contribution in [-0.2, 0) is 0 Å². The first-order valence-electron chi connectivity index (χ1n) is 8.79. The molecular formula is C17H24N6O4. The fraction of sp³-hybridized carbons (Fsp3) is 0.471. The van der Waals surface area contributed by atoms with E-state index in [2.05, 4.69) is 34.4 Å². The number of nitro groups is 1. The molecule has 1 aromatic carbocycles. The van der Waals surface area contributed by atoms with E-state index in [1.165, 1.54) is 29.1 Å². The minimum atomic E-state index is -0.504. The van der Waals surface area contributed by atoms with Crippen molar-refractivity contribution >= 4 is 11.6 Å². The maximum absolute atomic E-state index is 12.4. The Morgan fingerprint density at radius 1 is 1.41 bits per heavy atom. The number of rotatable bonds is 10. The zero-order valence-electron chi connectivity index (χ0n) is 15.4. The molecule has 0 unspecified atom stereocenters. The summed E-state index contributed by atoms with van der Waals surface area (Å²) in [4.78, 5) is 24.9. The van der Waals surface area contributed by atoms with E-state index >= 15 is 0 Å². The Balaban J connectivity index is 2.03. The van der Waals surface area contributed by atoms with Gasteiger partial charge in [0.15, 0.2) is 5.69 Å². The molecule has 2 aromatic rings. The van der Waals surface area contributed by atoms with Crippen molar-refractivity contribution in [3.05, 3.63) is 46.3 Å². The second-order valence-corrected chi connectivity index (χ2v) is 5.99. The summed E-state index contributed by atoms with van der Waals surface area (Å²) in [6.07, 6.45) is 2.01. The summed E-state index contributed by atoms with van der Waals surface area (Å²) in [7, 11) is 0. The molecule has 0 aliphatic carbocycles. The van der Waals surface area contributed by atoms with E-state index in [9.17, 15) is 20.0 Å². The van der Waals surface area contributed by atoms with Gasteiger partial charge < -0.3 is 15.3 Å². The van der Waals surface area contributed by atoms with Crippen LogP contribution in [0.1, 0.15) is 30.8 Å². The first kappa shape index (κ1) is 20.5. The van der Waals surface area contributed by atoms with Crippen LogP contribution < -0.4 is 5.32 Å². The van der Waals surface area contributed by atoms with Crippen LogP contribution in [0.25, 0.3) is 5.69 Å². The number of carbonyl (C=O) groups excluding carboxylic acids is 1. The second kappa shape index (κ2) is 9.74. The quantitative estimate of drug-likeness (QED) is 0.468. The van der Waals surface area contributed by atoms with Crippen LogP contribution in [0.2, 0.25) is 0 Å². The highest BCUT2D eigenvalue weighted by atomic mass is 16.6. The number of aliphatic hydroxyl groups is 1. The monoisotopic (exact) mass is 376 g/mol. The van der Waals surface area contributed by atoms with Gasteiger partial charge in [-0.3, -0.25) is 14.9 Å². The lowest BCUT2D eigenvalue weighted by molar-refractivity contribution is -0.384. The third-order valence-electron chi connectivity index (χ3n) is 4.27. The molecule has 10 nitrogen and oxygen atoms in total. The molecule has 0 fully saturated rings. The van der Waals surface area contributed by atoms with Crippen LogP contribution in [0.3, 0.4) is 0 Å². The third kappa shape index (κ3) is 5.56. The molecule has 1 aromatic heterocycles. The smallest absolute Gasteiger partial charge is 0.273 e. The van der Waals surface area contributed by atoms with Gasteiger partial charge in [0.25, 0.3) is 11.6 Å². The maximum atomic E-state index is 12.4. The van der Waals surface area contributed by atoms with Gasteiger partial charge in [-0.1, -0.05) is 25.1 Å². The highest BCUT2D eigenvalue weighted by Crippen LogP contribution is 2.16. The molecule has 2 rings (SSSR count). The van der Waals surface area contributed by atoms with Crippen molar-refractivity contribution in [3.8, 4) is 5.69 Å². The molecule has 0 saturated heterocycles. The van der Waals surface area contributed by atoms with Gasteiger partial charge in [-0.25, -0.2) is 4.68 Å². The lowest BCUT2D eigenvalue weighted by atomic mass is 10.2. The summed E-state index contributed by atoms with van der Waals surface area (Å²) in [5.74, 6) is -0.453. The van der Waals surface area contributed by atoms with Crippen LogP contribution in [0.5, 0.6) is 0 Å². The van der Waals surface area contributed by atoms with E-state index in [0.29, 0.717) is 12.1 Å². The van der Waals surface area contributed by atoms with Crippen molar-refractivity contribution in [1.29, 1.82) is 0 Å². The summed E-state index contributed by atoms with van der Waals surface area (Å²) >= 11 is 0. The minimum Gasteiger partial charge on any atom is -0.394 e. The standard InChI is InChI=1S/C17H24N6O4/c1-3-21(4-2)9-8-13(12-24)18-17(25)16-11-22(20-19-16)14-6-5-7-15(10-14)23(26)27/h5-7,10-11,13,24H,3-4,8-9,12H2,1-2H3,(H,18,25)/t13-/m1/s1. The predicted molar refractivity (Wildman–Crippen MR) is 98.8 cm³/mol. The topological polar surface area (TPSA) is 126 Å². The summed E-state index contributed by atoms with van der Waals surface area (Å²) in [5.41, 5.74) is 0.421. The van der Waals surface area contributed by atoms with Crippen molar-refractivity contribution in [2.24, 2.45) is 0 Å². The van der Waals surface area contributed by atoms with E-state index in [0.717, 1.165) is 19.6 Å². The van der Waals surface area contributed by atoms with E-state index in [1.807, 2.05) is 0 Å². The number of amides is 1. The van der Waals surface area contributed by atoms with Crippen LogP contribution >= 0.6 is 0 Å². The van der Waals surface area contributed by atoms with Crippen LogP contribution in [0.4, 0.5) is 5.69 Å². The number of hydrogen-bond acceptors (Lipinski definition) is 7. The number of aromatic nitrogens is 3. The number of carbonyl (C=O) groups is 1. The Hall–Kier alpha value is -2.85. The van der Waals surface area contributed by atoms with Crippen LogP contribution in [-0.4, -0.2) is 68.1 Å². The first-order valence-corrected chi connectivity index (χ1v) is 8.79. The largest absolute Gasteiger partial charge is 0.394 e. The molecule has 10 heteroatoms. The highest BCUT2D eigenvalue weighted by molar-refractivity contribution is 5.92. The molecule has 2 N–H and O–H groups in total. The van der Waals surface area contributed by atoms with Gasteiger partial charge in [-0.15, -0.1) is 5.10 Å². The van der Waals surface area contributed by atoms with Crippen LogP contribution in [0, 0.1) is 10.1 Å². The van der Waals surface area contributed by atoms with Gasteiger partial charge in [-0.05, 0) is 25.6 Å². The Bertz CT molecular complexity index is 774. The molecular weight excluding hydrogens is 352 g/mol. The number of aliphatic hydroxyl groups excluding tert-OH is 1. The predicted octanol–water partition coefficient (Wildman–Crippen LogP) is 0.998. The van der Waals surface area contributed by atoms with Crippen molar-refractivity contribution < 1.29 is 14.8 Å². The van der Waals surface area contributed by atoms with Gasteiger partial charge in [0.2, 0.25) is 0 Å². The van der Waals surface area contributed by atoms with Crippen molar-refractivity contribution in [2.45, 2.75) is 26.3 Å². The SMILES string of the molecule is CCN(CC)CC[C@H](CO)NC(=O)c1cn(-c2cccc([N+](=O)[O-])c2)nn1. The lowest BCUT2D eigenvalue weighted by Gasteiger charge is -2.22. The van der Waals surface area contributed by atoms with Gasteiger partial charge in [0.05, 0.1) is 29.5 Å². The lowest BCUT2D eigenvalue weighted by Crippen LogP contribution is -2.40. The Kier molecular flexibility index (Phi) is 7.38. The number of hydrogen-bond donors (Lipinski definition) is 2. The van der Waals surface area contributed by atoms with Crippen LogP contribution in [0.15, 0.2) is 30.5 Å². The Morgan fingerprint density at radius 2 is 2.15 bits per heavy atom.